The Balaban J connectivity index is 1.39. The molecule has 134 valence electrons. The number of nitrogens with one attached hydrogen (secondary N) is 1. The smallest absolute Gasteiger partial charge is 0.277 e. The molecular weight excluding hydrogens is 366 g/mol. The van der Waals surface area contributed by atoms with E-state index in [9.17, 15) is 14.4 Å². The van der Waals surface area contributed by atoms with Gasteiger partial charge in [0.05, 0.1) is 17.3 Å². The zero-order valence-electron chi connectivity index (χ0n) is 14.0. The number of rotatable bonds is 5. The fourth-order valence-corrected chi connectivity index (χ4v) is 3.52. The van der Waals surface area contributed by atoms with Crippen LogP contribution in [0, 0.1) is 0 Å². The van der Waals surface area contributed by atoms with Gasteiger partial charge in [-0.3, -0.25) is 29.6 Å². The second-order valence-electron chi connectivity index (χ2n) is 5.73. The topological polar surface area (TPSA) is 105 Å². The Morgan fingerprint density at radius 2 is 1.78 bits per heavy atom. The van der Waals surface area contributed by atoms with Crippen molar-refractivity contribution in [3.8, 4) is 0 Å². The van der Waals surface area contributed by atoms with E-state index in [0.29, 0.717) is 22.7 Å². The van der Waals surface area contributed by atoms with Gasteiger partial charge < -0.3 is 0 Å². The summed E-state index contributed by atoms with van der Waals surface area (Å²) in [4.78, 5) is 50.8. The third-order valence-corrected chi connectivity index (χ3v) is 5.00. The fourth-order valence-electron chi connectivity index (χ4n) is 2.72. The summed E-state index contributed by atoms with van der Waals surface area (Å²) in [6.45, 7) is 0.256. The third kappa shape index (κ3) is 3.32. The Morgan fingerprint density at radius 1 is 1.04 bits per heavy atom. The highest BCUT2D eigenvalue weighted by atomic mass is 32.1. The number of hydrogen-bond donors (Lipinski definition) is 1. The zero-order valence-corrected chi connectivity index (χ0v) is 14.8. The highest BCUT2D eigenvalue weighted by Crippen LogP contribution is 2.24. The van der Waals surface area contributed by atoms with Crippen LogP contribution in [0.5, 0.6) is 0 Å². The Bertz CT molecular complexity index is 999. The molecule has 1 N–H and O–H groups in total. The van der Waals surface area contributed by atoms with E-state index in [1.54, 1.807) is 30.5 Å². The number of carbonyl (C=O) groups is 3. The van der Waals surface area contributed by atoms with E-state index in [1.807, 2.05) is 0 Å². The van der Waals surface area contributed by atoms with Crippen LogP contribution in [-0.4, -0.2) is 44.1 Å². The average Bonchev–Trinajstić information content (AvgIpc) is 3.24. The SMILES string of the molecule is O=C(Nc1ncc(CCN2C(=O)c3ccccc3C2=O)s1)c1cnccn1. The minimum absolute atomic E-state index is 0.195. The maximum atomic E-state index is 12.4. The molecule has 0 radical (unpaired) electrons. The minimum atomic E-state index is -0.399. The monoisotopic (exact) mass is 379 g/mol. The number of aromatic nitrogens is 3. The van der Waals surface area contributed by atoms with E-state index in [4.69, 9.17) is 0 Å². The molecule has 1 aromatic carbocycles. The standard InChI is InChI=1S/C18H13N5O3S/c24-15(14-10-19-6-7-20-14)22-18-21-9-11(27-18)5-8-23-16(25)12-3-1-2-4-13(12)17(23)26/h1-4,6-7,9-10H,5,8H2,(H,21,22,24). The molecule has 0 fully saturated rings. The summed E-state index contributed by atoms with van der Waals surface area (Å²) >= 11 is 1.29. The van der Waals surface area contributed by atoms with Crippen LogP contribution < -0.4 is 5.32 Å². The first kappa shape index (κ1) is 17.0. The van der Waals surface area contributed by atoms with E-state index >= 15 is 0 Å². The molecule has 0 unspecified atom stereocenters. The second kappa shape index (κ2) is 7.04. The van der Waals surface area contributed by atoms with Crippen LogP contribution in [0.3, 0.4) is 0 Å². The van der Waals surface area contributed by atoms with Gasteiger partial charge in [0.15, 0.2) is 5.13 Å². The largest absolute Gasteiger partial charge is 0.296 e. The van der Waals surface area contributed by atoms with Crippen LogP contribution in [0.4, 0.5) is 5.13 Å². The van der Waals surface area contributed by atoms with Crippen LogP contribution in [0.25, 0.3) is 0 Å². The quantitative estimate of drug-likeness (QED) is 0.680. The first-order valence-electron chi connectivity index (χ1n) is 8.11. The molecule has 27 heavy (non-hydrogen) atoms. The van der Waals surface area contributed by atoms with Gasteiger partial charge in [-0.1, -0.05) is 12.1 Å². The van der Waals surface area contributed by atoms with Crippen LogP contribution in [0.2, 0.25) is 0 Å². The molecule has 1 aliphatic heterocycles. The lowest BCUT2D eigenvalue weighted by Gasteiger charge is -2.12. The molecule has 2 aromatic heterocycles. The van der Waals surface area contributed by atoms with Crippen molar-refractivity contribution in [3.63, 3.8) is 0 Å². The van der Waals surface area contributed by atoms with E-state index in [1.165, 1.54) is 34.8 Å². The number of carbonyl (C=O) groups excluding carboxylic acids is 3. The first-order valence-corrected chi connectivity index (χ1v) is 8.92. The lowest BCUT2D eigenvalue weighted by molar-refractivity contribution is 0.0656. The van der Waals surface area contributed by atoms with Gasteiger partial charge in [0.1, 0.15) is 5.69 Å². The summed E-state index contributed by atoms with van der Waals surface area (Å²) in [6, 6.07) is 6.79. The van der Waals surface area contributed by atoms with Crippen molar-refractivity contribution in [2.45, 2.75) is 6.42 Å². The number of anilines is 1. The van der Waals surface area contributed by atoms with Crippen LogP contribution in [-0.2, 0) is 6.42 Å². The number of imide groups is 1. The van der Waals surface area contributed by atoms with Crippen LogP contribution in [0.1, 0.15) is 36.1 Å². The Labute approximate surface area is 157 Å². The third-order valence-electron chi connectivity index (χ3n) is 4.03. The molecule has 3 aromatic rings. The predicted molar refractivity (Wildman–Crippen MR) is 97.6 cm³/mol. The highest BCUT2D eigenvalue weighted by Gasteiger charge is 2.34. The molecule has 1 aliphatic rings. The summed E-state index contributed by atoms with van der Waals surface area (Å²) in [5.41, 5.74) is 1.06. The molecule has 0 saturated carbocycles. The van der Waals surface area contributed by atoms with Gasteiger partial charge in [-0.25, -0.2) is 9.97 Å². The van der Waals surface area contributed by atoms with Crippen molar-refractivity contribution >= 4 is 34.2 Å². The van der Waals surface area contributed by atoms with Crippen molar-refractivity contribution in [2.75, 3.05) is 11.9 Å². The Kier molecular flexibility index (Phi) is 4.43. The molecule has 9 heteroatoms. The van der Waals surface area contributed by atoms with Crippen LogP contribution >= 0.6 is 11.3 Å². The van der Waals surface area contributed by atoms with Gasteiger partial charge in [-0.15, -0.1) is 11.3 Å². The Hall–Kier alpha value is -3.46. The van der Waals surface area contributed by atoms with Gasteiger partial charge in [0, 0.05) is 36.4 Å². The number of nitrogens with zero attached hydrogens (tertiary/aromatic N) is 4. The summed E-state index contributed by atoms with van der Waals surface area (Å²) in [5, 5.41) is 3.08. The highest BCUT2D eigenvalue weighted by molar-refractivity contribution is 7.15. The van der Waals surface area contributed by atoms with Crippen molar-refractivity contribution in [1.29, 1.82) is 0 Å². The fraction of sp³-hybridized carbons (Fsp3) is 0.111. The first-order chi connectivity index (χ1) is 13.1. The zero-order chi connectivity index (χ0) is 18.8. The molecule has 0 bridgehead atoms. The van der Waals surface area contributed by atoms with Gasteiger partial charge >= 0.3 is 0 Å². The number of fused-ring (bicyclic) bond motifs is 1. The summed E-state index contributed by atoms with van der Waals surface area (Å²) in [7, 11) is 0. The summed E-state index contributed by atoms with van der Waals surface area (Å²) in [6.07, 6.45) is 6.37. The van der Waals surface area contributed by atoms with Crippen molar-refractivity contribution < 1.29 is 14.4 Å². The Morgan fingerprint density at radius 3 is 2.44 bits per heavy atom. The van der Waals surface area contributed by atoms with Crippen molar-refractivity contribution in [3.05, 3.63) is 70.8 Å². The average molecular weight is 379 g/mol. The second-order valence-corrected chi connectivity index (χ2v) is 6.85. The maximum Gasteiger partial charge on any atom is 0.277 e. The number of hydrogen-bond acceptors (Lipinski definition) is 7. The van der Waals surface area contributed by atoms with Crippen LogP contribution in [0.15, 0.2) is 49.1 Å². The predicted octanol–water partition coefficient (Wildman–Crippen LogP) is 2.02. The van der Waals surface area contributed by atoms with E-state index in [0.717, 1.165) is 4.88 Å². The van der Waals surface area contributed by atoms with E-state index in [2.05, 4.69) is 20.3 Å². The molecule has 0 spiro atoms. The molecule has 0 atom stereocenters. The van der Waals surface area contributed by atoms with E-state index < -0.39 is 5.91 Å². The van der Waals surface area contributed by atoms with Gasteiger partial charge in [-0.05, 0) is 12.1 Å². The normalized spacial score (nSPS) is 13.0. The lowest BCUT2D eigenvalue weighted by Crippen LogP contribution is -2.31. The number of benzene rings is 1. The van der Waals surface area contributed by atoms with Crippen molar-refractivity contribution in [1.82, 2.24) is 19.9 Å². The van der Waals surface area contributed by atoms with E-state index in [-0.39, 0.29) is 24.1 Å². The molecule has 4 rings (SSSR count). The van der Waals surface area contributed by atoms with Crippen molar-refractivity contribution in [2.24, 2.45) is 0 Å². The maximum absolute atomic E-state index is 12.4. The van der Waals surface area contributed by atoms with Gasteiger partial charge in [0.2, 0.25) is 0 Å². The molecular formula is C18H13N5O3S. The summed E-state index contributed by atoms with van der Waals surface area (Å²) < 4.78 is 0. The number of thiazole rings is 1. The van der Waals surface area contributed by atoms with Gasteiger partial charge in [0.25, 0.3) is 17.7 Å². The molecule has 8 nitrogen and oxygen atoms in total. The minimum Gasteiger partial charge on any atom is -0.296 e. The molecule has 0 aliphatic carbocycles. The number of amides is 3. The lowest BCUT2D eigenvalue weighted by atomic mass is 10.1. The molecule has 3 heterocycles. The molecule has 3 amide bonds. The van der Waals surface area contributed by atoms with Gasteiger partial charge in [-0.2, -0.15) is 0 Å². The summed E-state index contributed by atoms with van der Waals surface area (Å²) in [5.74, 6) is -0.961. The molecule has 0 saturated heterocycles.